The smallest absolute Gasteiger partial charge is 0.278 e. The minimum absolute atomic E-state index is 0.0520. The number of aromatic nitrogens is 3. The fraction of sp³-hybridized carbons (Fsp3) is 0.500. The minimum Gasteiger partial charge on any atom is -0.284 e. The van der Waals surface area contributed by atoms with Gasteiger partial charge in [-0.05, 0) is 37.4 Å². The first-order valence-electron chi connectivity index (χ1n) is 6.79. The van der Waals surface area contributed by atoms with Gasteiger partial charge in [-0.25, -0.2) is 0 Å². The molecule has 1 aromatic heterocycles. The van der Waals surface area contributed by atoms with Gasteiger partial charge in [0.05, 0.1) is 12.1 Å². The van der Waals surface area contributed by atoms with Gasteiger partial charge in [-0.3, -0.25) is 9.69 Å². The van der Waals surface area contributed by atoms with Crippen LogP contribution in [0.2, 0.25) is 0 Å². The van der Waals surface area contributed by atoms with Crippen molar-refractivity contribution >= 4 is 10.9 Å². The molecule has 1 fully saturated rings. The van der Waals surface area contributed by atoms with Crippen molar-refractivity contribution in [1.82, 2.24) is 19.9 Å². The molecule has 0 bridgehead atoms. The Labute approximate surface area is 111 Å². The van der Waals surface area contributed by atoms with E-state index in [9.17, 15) is 4.79 Å². The number of hydrogen-bond acceptors (Lipinski definition) is 4. The van der Waals surface area contributed by atoms with Crippen molar-refractivity contribution in [2.45, 2.75) is 26.4 Å². The lowest BCUT2D eigenvalue weighted by Crippen LogP contribution is -2.39. The van der Waals surface area contributed by atoms with E-state index in [2.05, 4.69) is 22.1 Å². The van der Waals surface area contributed by atoms with Crippen molar-refractivity contribution in [2.75, 3.05) is 13.1 Å². The molecule has 0 N–H and O–H groups in total. The Morgan fingerprint density at radius 2 is 2.21 bits per heavy atom. The summed E-state index contributed by atoms with van der Waals surface area (Å²) in [7, 11) is 0. The highest BCUT2D eigenvalue weighted by Crippen LogP contribution is 2.15. The Morgan fingerprint density at radius 3 is 3.05 bits per heavy atom. The van der Waals surface area contributed by atoms with Gasteiger partial charge in [-0.1, -0.05) is 24.3 Å². The predicted molar refractivity (Wildman–Crippen MR) is 73.8 cm³/mol. The van der Waals surface area contributed by atoms with Crippen LogP contribution >= 0.6 is 0 Å². The number of likely N-dealkylation sites (tertiary alicyclic amines) is 1. The maximum atomic E-state index is 12.3. The first-order valence-corrected chi connectivity index (χ1v) is 6.79. The summed E-state index contributed by atoms with van der Waals surface area (Å²) >= 11 is 0. The van der Waals surface area contributed by atoms with Crippen molar-refractivity contribution in [3.05, 3.63) is 34.6 Å². The second-order valence-corrected chi connectivity index (χ2v) is 5.38. The van der Waals surface area contributed by atoms with E-state index in [1.807, 2.05) is 24.3 Å². The quantitative estimate of drug-likeness (QED) is 0.818. The van der Waals surface area contributed by atoms with Crippen LogP contribution in [0.4, 0.5) is 0 Å². The van der Waals surface area contributed by atoms with Gasteiger partial charge in [-0.15, -0.1) is 5.10 Å². The largest absolute Gasteiger partial charge is 0.284 e. The number of piperidine rings is 1. The molecular weight excluding hydrogens is 240 g/mol. The van der Waals surface area contributed by atoms with Gasteiger partial charge >= 0.3 is 0 Å². The van der Waals surface area contributed by atoms with E-state index in [1.165, 1.54) is 17.5 Å². The maximum Gasteiger partial charge on any atom is 0.278 e. The summed E-state index contributed by atoms with van der Waals surface area (Å²) < 4.78 is 1.47. The van der Waals surface area contributed by atoms with Crippen LogP contribution in [0, 0.1) is 5.92 Å². The Balaban J connectivity index is 1.89. The molecule has 1 saturated heterocycles. The molecule has 0 saturated carbocycles. The SMILES string of the molecule is CC1CCCN(Cn2nnc3ccccc3c2=O)C1. The van der Waals surface area contributed by atoms with Gasteiger partial charge in [0, 0.05) is 6.54 Å². The molecule has 5 nitrogen and oxygen atoms in total. The molecular formula is C14H18N4O. The standard InChI is InChI=1S/C14H18N4O/c1-11-5-4-8-17(9-11)10-18-14(19)12-6-2-3-7-13(12)15-16-18/h2-3,6-7,11H,4-5,8-10H2,1H3. The van der Waals surface area contributed by atoms with Gasteiger partial charge in [0.2, 0.25) is 0 Å². The highest BCUT2D eigenvalue weighted by Gasteiger charge is 2.17. The fourth-order valence-electron chi connectivity index (χ4n) is 2.72. The summed E-state index contributed by atoms with van der Waals surface area (Å²) in [4.78, 5) is 14.6. The van der Waals surface area contributed by atoms with Crippen LogP contribution in [0.25, 0.3) is 10.9 Å². The van der Waals surface area contributed by atoms with Crippen LogP contribution in [-0.2, 0) is 6.67 Å². The van der Waals surface area contributed by atoms with Crippen LogP contribution < -0.4 is 5.56 Å². The predicted octanol–water partition coefficient (Wildman–Crippen LogP) is 1.48. The maximum absolute atomic E-state index is 12.3. The normalized spacial score (nSPS) is 20.8. The summed E-state index contributed by atoms with van der Waals surface area (Å²) in [6.07, 6.45) is 2.46. The number of rotatable bonds is 2. The molecule has 0 spiro atoms. The van der Waals surface area contributed by atoms with Gasteiger partial charge in [-0.2, -0.15) is 4.68 Å². The average Bonchev–Trinajstić information content (AvgIpc) is 2.42. The van der Waals surface area contributed by atoms with E-state index in [0.717, 1.165) is 13.1 Å². The Hall–Kier alpha value is -1.75. The Morgan fingerprint density at radius 1 is 1.37 bits per heavy atom. The molecule has 100 valence electrons. The molecule has 1 aliphatic heterocycles. The van der Waals surface area contributed by atoms with E-state index in [0.29, 0.717) is 23.5 Å². The molecule has 2 heterocycles. The topological polar surface area (TPSA) is 51.0 Å². The average molecular weight is 258 g/mol. The third-order valence-electron chi connectivity index (χ3n) is 3.70. The summed E-state index contributed by atoms with van der Waals surface area (Å²) in [5.41, 5.74) is 0.611. The lowest BCUT2D eigenvalue weighted by molar-refractivity contribution is 0.134. The van der Waals surface area contributed by atoms with Crippen LogP contribution in [0.5, 0.6) is 0 Å². The highest BCUT2D eigenvalue weighted by molar-refractivity contribution is 5.76. The third-order valence-corrected chi connectivity index (χ3v) is 3.70. The van der Waals surface area contributed by atoms with Crippen LogP contribution in [-0.4, -0.2) is 33.0 Å². The Bertz CT molecular complexity index is 637. The second-order valence-electron chi connectivity index (χ2n) is 5.38. The lowest BCUT2D eigenvalue weighted by atomic mass is 10.0. The summed E-state index contributed by atoms with van der Waals surface area (Å²) in [5, 5.41) is 8.79. The monoisotopic (exact) mass is 258 g/mol. The van der Waals surface area contributed by atoms with Crippen molar-refractivity contribution < 1.29 is 0 Å². The van der Waals surface area contributed by atoms with Crippen molar-refractivity contribution in [2.24, 2.45) is 5.92 Å². The number of nitrogens with zero attached hydrogens (tertiary/aromatic N) is 4. The third kappa shape index (κ3) is 2.51. The zero-order chi connectivity index (χ0) is 13.2. The molecule has 0 radical (unpaired) electrons. The molecule has 5 heteroatoms. The van der Waals surface area contributed by atoms with Crippen LogP contribution in [0.15, 0.2) is 29.1 Å². The van der Waals surface area contributed by atoms with Crippen molar-refractivity contribution in [1.29, 1.82) is 0 Å². The van der Waals surface area contributed by atoms with Gasteiger partial charge < -0.3 is 0 Å². The molecule has 1 unspecified atom stereocenters. The molecule has 2 aromatic rings. The van der Waals surface area contributed by atoms with E-state index in [1.54, 1.807) is 0 Å². The minimum atomic E-state index is -0.0520. The second kappa shape index (κ2) is 5.09. The van der Waals surface area contributed by atoms with Gasteiger partial charge in [0.15, 0.2) is 0 Å². The first kappa shape index (κ1) is 12.3. The highest BCUT2D eigenvalue weighted by atomic mass is 16.1. The number of benzene rings is 1. The summed E-state index contributed by atoms with van der Waals surface area (Å²) in [5.74, 6) is 0.692. The molecule has 3 rings (SSSR count). The zero-order valence-corrected chi connectivity index (χ0v) is 11.1. The number of hydrogen-bond donors (Lipinski definition) is 0. The Kier molecular flexibility index (Phi) is 3.29. The van der Waals surface area contributed by atoms with Crippen molar-refractivity contribution in [3.63, 3.8) is 0 Å². The lowest BCUT2D eigenvalue weighted by Gasteiger charge is -2.30. The molecule has 1 aromatic carbocycles. The fourth-order valence-corrected chi connectivity index (χ4v) is 2.72. The summed E-state index contributed by atoms with van der Waals surface area (Å²) in [6.45, 7) is 4.86. The van der Waals surface area contributed by atoms with E-state index in [-0.39, 0.29) is 5.56 Å². The van der Waals surface area contributed by atoms with Crippen molar-refractivity contribution in [3.8, 4) is 0 Å². The zero-order valence-electron chi connectivity index (χ0n) is 11.1. The molecule has 1 atom stereocenters. The van der Waals surface area contributed by atoms with Gasteiger partial charge in [0.25, 0.3) is 5.56 Å². The molecule has 0 amide bonds. The first-order chi connectivity index (χ1) is 9.24. The van der Waals surface area contributed by atoms with Crippen LogP contribution in [0.3, 0.4) is 0 Å². The summed E-state index contributed by atoms with van der Waals surface area (Å²) in [6, 6.07) is 7.35. The van der Waals surface area contributed by atoms with E-state index in [4.69, 9.17) is 0 Å². The number of fused-ring (bicyclic) bond motifs is 1. The van der Waals surface area contributed by atoms with Gasteiger partial charge in [0.1, 0.15) is 5.52 Å². The molecule has 0 aliphatic carbocycles. The molecule has 1 aliphatic rings. The molecule has 19 heavy (non-hydrogen) atoms. The van der Waals surface area contributed by atoms with E-state index >= 15 is 0 Å². The van der Waals surface area contributed by atoms with E-state index < -0.39 is 0 Å². The van der Waals surface area contributed by atoms with Crippen LogP contribution in [0.1, 0.15) is 19.8 Å².